The van der Waals surface area contributed by atoms with Crippen LogP contribution in [0.3, 0.4) is 0 Å². The zero-order valence-corrected chi connectivity index (χ0v) is 12.6. The summed E-state index contributed by atoms with van der Waals surface area (Å²) in [5.41, 5.74) is 3.18. The molecule has 21 heavy (non-hydrogen) atoms. The molecule has 0 saturated heterocycles. The number of carboxylic acid groups (broad SMARTS) is 1. The van der Waals surface area contributed by atoms with Crippen molar-refractivity contribution in [2.75, 3.05) is 5.32 Å². The van der Waals surface area contributed by atoms with Crippen molar-refractivity contribution in [1.29, 1.82) is 0 Å². The molecule has 1 atom stereocenters. The monoisotopic (exact) mass is 283 g/mol. The van der Waals surface area contributed by atoms with E-state index in [9.17, 15) is 4.79 Å². The summed E-state index contributed by atoms with van der Waals surface area (Å²) in [6, 6.07) is 17.7. The summed E-state index contributed by atoms with van der Waals surface area (Å²) in [4.78, 5) is 10.9. The van der Waals surface area contributed by atoms with Gasteiger partial charge in [-0.1, -0.05) is 56.3 Å². The molecule has 0 aliphatic rings. The summed E-state index contributed by atoms with van der Waals surface area (Å²) >= 11 is 0. The molecule has 3 nitrogen and oxygen atoms in total. The predicted molar refractivity (Wildman–Crippen MR) is 85.7 cm³/mol. The van der Waals surface area contributed by atoms with Crippen LogP contribution in [0.1, 0.15) is 31.9 Å². The van der Waals surface area contributed by atoms with Gasteiger partial charge in [-0.25, -0.2) is 0 Å². The minimum Gasteiger partial charge on any atom is -0.480 e. The summed E-state index contributed by atoms with van der Waals surface area (Å²) in [6.45, 7) is 6.00. The van der Waals surface area contributed by atoms with E-state index in [1.165, 1.54) is 11.1 Å². The summed E-state index contributed by atoms with van der Waals surface area (Å²) in [5, 5.41) is 11.9. The molecule has 0 saturated carbocycles. The molecule has 110 valence electrons. The third-order valence-electron chi connectivity index (χ3n) is 3.86. The smallest absolute Gasteiger partial charge is 0.325 e. The molecule has 0 spiro atoms. The first-order chi connectivity index (χ1) is 9.91. The summed E-state index contributed by atoms with van der Waals surface area (Å²) < 4.78 is 0. The van der Waals surface area contributed by atoms with E-state index in [4.69, 9.17) is 5.11 Å². The number of carboxylic acids is 1. The maximum atomic E-state index is 10.9. The van der Waals surface area contributed by atoms with Crippen molar-refractivity contribution in [3.63, 3.8) is 0 Å². The van der Waals surface area contributed by atoms with Crippen molar-refractivity contribution in [3.05, 3.63) is 65.7 Å². The molecule has 2 aromatic rings. The van der Waals surface area contributed by atoms with Gasteiger partial charge in [0.2, 0.25) is 0 Å². The lowest BCUT2D eigenvalue weighted by molar-refractivity contribution is -0.137. The van der Waals surface area contributed by atoms with Gasteiger partial charge >= 0.3 is 5.97 Å². The molecule has 2 rings (SSSR count). The number of nitrogens with one attached hydrogen (secondary N) is 1. The van der Waals surface area contributed by atoms with E-state index in [1.54, 1.807) is 6.92 Å². The maximum absolute atomic E-state index is 10.9. The van der Waals surface area contributed by atoms with Crippen LogP contribution in [0.25, 0.3) is 0 Å². The number of hydrogen-bond donors (Lipinski definition) is 2. The van der Waals surface area contributed by atoms with E-state index in [0.29, 0.717) is 0 Å². The molecule has 0 unspecified atom stereocenters. The van der Waals surface area contributed by atoms with Gasteiger partial charge in [-0.3, -0.25) is 4.79 Å². The number of rotatable bonds is 5. The van der Waals surface area contributed by atoms with E-state index < -0.39 is 12.0 Å². The average Bonchev–Trinajstić information content (AvgIpc) is 2.48. The second-order valence-electron chi connectivity index (χ2n) is 5.77. The van der Waals surface area contributed by atoms with Crippen molar-refractivity contribution < 1.29 is 9.90 Å². The Bertz CT molecular complexity index is 603. The van der Waals surface area contributed by atoms with Crippen LogP contribution in [0, 0.1) is 0 Å². The van der Waals surface area contributed by atoms with Crippen molar-refractivity contribution >= 4 is 11.7 Å². The van der Waals surface area contributed by atoms with E-state index in [2.05, 4.69) is 31.3 Å². The average molecular weight is 283 g/mol. The third kappa shape index (κ3) is 3.43. The Morgan fingerprint density at radius 1 is 1.00 bits per heavy atom. The Hall–Kier alpha value is -2.29. The van der Waals surface area contributed by atoms with E-state index in [1.807, 2.05) is 42.5 Å². The number of benzene rings is 2. The Labute approximate surface area is 125 Å². The van der Waals surface area contributed by atoms with Crippen molar-refractivity contribution in [1.82, 2.24) is 0 Å². The fourth-order valence-electron chi connectivity index (χ4n) is 2.32. The van der Waals surface area contributed by atoms with Gasteiger partial charge in [-0.05, 0) is 30.2 Å². The first-order valence-corrected chi connectivity index (χ1v) is 7.06. The molecule has 0 aliphatic carbocycles. The van der Waals surface area contributed by atoms with Crippen LogP contribution in [0.15, 0.2) is 54.6 Å². The number of anilines is 1. The predicted octanol–water partition coefficient (Wildman–Crippen LogP) is 3.90. The Morgan fingerprint density at radius 3 is 2.05 bits per heavy atom. The van der Waals surface area contributed by atoms with Crippen LogP contribution in [-0.2, 0) is 10.2 Å². The SMILES string of the molecule is C[C@H](Nc1ccc(C(C)(C)c2ccccc2)cc1)C(=O)O. The van der Waals surface area contributed by atoms with Crippen molar-refractivity contribution in [2.24, 2.45) is 0 Å². The second-order valence-corrected chi connectivity index (χ2v) is 5.77. The summed E-state index contributed by atoms with van der Waals surface area (Å²) in [7, 11) is 0. The molecule has 2 aromatic carbocycles. The molecule has 0 bridgehead atoms. The van der Waals surface area contributed by atoms with Gasteiger partial charge in [0, 0.05) is 11.1 Å². The highest BCUT2D eigenvalue weighted by Gasteiger charge is 2.22. The lowest BCUT2D eigenvalue weighted by atomic mass is 9.78. The fraction of sp³-hybridized carbons (Fsp3) is 0.278. The van der Waals surface area contributed by atoms with Gasteiger partial charge in [-0.15, -0.1) is 0 Å². The Kier molecular flexibility index (Phi) is 4.32. The van der Waals surface area contributed by atoms with Gasteiger partial charge in [0.15, 0.2) is 0 Å². The summed E-state index contributed by atoms with van der Waals surface area (Å²) in [6.07, 6.45) is 0. The lowest BCUT2D eigenvalue weighted by Gasteiger charge is -2.26. The van der Waals surface area contributed by atoms with Crippen molar-refractivity contribution in [3.8, 4) is 0 Å². The minimum atomic E-state index is -0.858. The van der Waals surface area contributed by atoms with Crippen LogP contribution in [-0.4, -0.2) is 17.1 Å². The quantitative estimate of drug-likeness (QED) is 0.875. The van der Waals surface area contributed by atoms with Crippen LogP contribution < -0.4 is 5.32 Å². The number of aliphatic carboxylic acids is 1. The largest absolute Gasteiger partial charge is 0.480 e. The topological polar surface area (TPSA) is 49.3 Å². The highest BCUT2D eigenvalue weighted by molar-refractivity contribution is 5.76. The van der Waals surface area contributed by atoms with E-state index >= 15 is 0 Å². The number of carbonyl (C=O) groups is 1. The molecule has 0 heterocycles. The van der Waals surface area contributed by atoms with Gasteiger partial charge in [0.1, 0.15) is 6.04 Å². The van der Waals surface area contributed by atoms with Crippen LogP contribution in [0.4, 0.5) is 5.69 Å². The Balaban J connectivity index is 2.21. The zero-order chi connectivity index (χ0) is 15.5. The van der Waals surface area contributed by atoms with Gasteiger partial charge in [0.05, 0.1) is 0 Å². The Morgan fingerprint density at radius 2 is 1.52 bits per heavy atom. The highest BCUT2D eigenvalue weighted by Crippen LogP contribution is 2.31. The van der Waals surface area contributed by atoms with Gasteiger partial charge in [0.25, 0.3) is 0 Å². The molecule has 0 amide bonds. The molecule has 2 N–H and O–H groups in total. The third-order valence-corrected chi connectivity index (χ3v) is 3.86. The molecular weight excluding hydrogens is 262 g/mol. The zero-order valence-electron chi connectivity index (χ0n) is 12.6. The minimum absolute atomic E-state index is 0.0851. The first-order valence-electron chi connectivity index (χ1n) is 7.06. The molecule has 0 fully saturated rings. The molecule has 0 aliphatic heterocycles. The van der Waals surface area contributed by atoms with Crippen LogP contribution in [0.2, 0.25) is 0 Å². The number of hydrogen-bond acceptors (Lipinski definition) is 2. The van der Waals surface area contributed by atoms with Gasteiger partial charge < -0.3 is 10.4 Å². The highest BCUT2D eigenvalue weighted by atomic mass is 16.4. The van der Waals surface area contributed by atoms with Crippen molar-refractivity contribution in [2.45, 2.75) is 32.2 Å². The standard InChI is InChI=1S/C18H21NO2/c1-13(17(20)21)19-16-11-9-15(10-12-16)18(2,3)14-7-5-4-6-8-14/h4-13,19H,1-3H3,(H,20,21)/t13-/m0/s1. The molecule has 3 heteroatoms. The second kappa shape index (κ2) is 6.00. The van der Waals surface area contributed by atoms with Crippen LogP contribution >= 0.6 is 0 Å². The van der Waals surface area contributed by atoms with E-state index in [0.717, 1.165) is 5.69 Å². The molecule has 0 aromatic heterocycles. The lowest BCUT2D eigenvalue weighted by Crippen LogP contribution is -2.25. The summed E-state index contributed by atoms with van der Waals surface area (Å²) in [5.74, 6) is -0.858. The maximum Gasteiger partial charge on any atom is 0.325 e. The van der Waals surface area contributed by atoms with E-state index in [-0.39, 0.29) is 5.41 Å². The fourth-order valence-corrected chi connectivity index (χ4v) is 2.32. The first kappa shape index (κ1) is 15.1. The molecule has 0 radical (unpaired) electrons. The normalized spacial score (nSPS) is 12.7. The molecular formula is C18H21NO2. The van der Waals surface area contributed by atoms with Crippen LogP contribution in [0.5, 0.6) is 0 Å². The van der Waals surface area contributed by atoms with Gasteiger partial charge in [-0.2, -0.15) is 0 Å².